The molecule has 0 aliphatic carbocycles. The van der Waals surface area contributed by atoms with E-state index < -0.39 is 17.2 Å². The maximum Gasteiger partial charge on any atom is 0.445 e. The van der Waals surface area contributed by atoms with E-state index in [2.05, 4.69) is 20.2 Å². The fraction of sp³-hybridized carbons (Fsp3) is 0.417. The highest BCUT2D eigenvalue weighted by atomic mass is 32.1. The lowest BCUT2D eigenvalue weighted by atomic mass is 10.3. The second-order valence-electron chi connectivity index (χ2n) is 4.93. The molecule has 3 rings (SSSR count). The summed E-state index contributed by atoms with van der Waals surface area (Å²) in [6.07, 6.45) is -1.95. The lowest BCUT2D eigenvalue weighted by molar-refractivity contribution is -0.138. The Kier molecular flexibility index (Phi) is 4.22. The second kappa shape index (κ2) is 6.19. The minimum absolute atomic E-state index is 0.147. The van der Waals surface area contributed by atoms with E-state index in [4.69, 9.17) is 5.11 Å². The molecule has 0 saturated carbocycles. The normalized spacial score (nSPS) is 15.6. The Morgan fingerprint density at radius 1 is 1.08 bits per heavy atom. The molecule has 0 aromatic carbocycles. The van der Waals surface area contributed by atoms with E-state index in [0.717, 1.165) is 0 Å². The zero-order chi connectivity index (χ0) is 17.3. The van der Waals surface area contributed by atoms with Crippen LogP contribution in [0.3, 0.4) is 0 Å². The van der Waals surface area contributed by atoms with Crippen LogP contribution in [0.5, 0.6) is 0 Å². The van der Waals surface area contributed by atoms with Crippen LogP contribution in [-0.4, -0.2) is 57.4 Å². The van der Waals surface area contributed by atoms with Crippen molar-refractivity contribution >= 4 is 28.3 Å². The van der Waals surface area contributed by atoms with E-state index in [1.807, 2.05) is 4.90 Å². The average Bonchev–Trinajstić information content (AvgIpc) is 3.05. The molecule has 1 N–H and O–H groups in total. The predicted octanol–water partition coefficient (Wildman–Crippen LogP) is 1.37. The van der Waals surface area contributed by atoms with Gasteiger partial charge in [0.25, 0.3) is 0 Å². The summed E-state index contributed by atoms with van der Waals surface area (Å²) in [5.74, 6) is -0.636. The Morgan fingerprint density at radius 3 is 2.25 bits per heavy atom. The maximum absolute atomic E-state index is 12.6. The minimum Gasteiger partial charge on any atom is -0.476 e. The van der Waals surface area contributed by atoms with Gasteiger partial charge in [0.1, 0.15) is 5.82 Å². The zero-order valence-electron chi connectivity index (χ0n) is 12.1. The van der Waals surface area contributed by atoms with Crippen molar-refractivity contribution in [3.05, 3.63) is 23.1 Å². The summed E-state index contributed by atoms with van der Waals surface area (Å²) in [4.78, 5) is 22.2. The van der Waals surface area contributed by atoms with Crippen molar-refractivity contribution in [2.24, 2.45) is 0 Å². The molecule has 0 unspecified atom stereocenters. The first-order valence-corrected chi connectivity index (χ1v) is 7.62. The van der Waals surface area contributed by atoms with E-state index in [1.165, 1.54) is 12.4 Å². The number of halogens is 3. The third kappa shape index (κ3) is 3.37. The van der Waals surface area contributed by atoms with Crippen molar-refractivity contribution < 1.29 is 23.1 Å². The van der Waals surface area contributed by atoms with Crippen LogP contribution in [0.4, 0.5) is 24.1 Å². The van der Waals surface area contributed by atoms with E-state index in [-0.39, 0.29) is 10.8 Å². The Bertz CT molecular complexity index is 727. The number of carboxylic acid groups (broad SMARTS) is 1. The van der Waals surface area contributed by atoms with Gasteiger partial charge in [-0.1, -0.05) is 11.3 Å². The Hall–Kier alpha value is -2.50. The SMILES string of the molecule is O=C(O)c1cnc(N2CCN(c3nnc(C(F)(F)F)s3)CC2)cn1. The molecule has 1 saturated heterocycles. The highest BCUT2D eigenvalue weighted by Gasteiger charge is 2.36. The summed E-state index contributed by atoms with van der Waals surface area (Å²) in [5, 5.41) is 14.8. The molecule has 24 heavy (non-hydrogen) atoms. The summed E-state index contributed by atoms with van der Waals surface area (Å²) >= 11 is 0.515. The van der Waals surface area contributed by atoms with Crippen LogP contribution in [-0.2, 0) is 6.18 Å². The number of piperazine rings is 1. The molecule has 128 valence electrons. The van der Waals surface area contributed by atoms with Crippen molar-refractivity contribution in [1.29, 1.82) is 0 Å². The number of rotatable bonds is 3. The number of carboxylic acids is 1. The molecule has 2 aromatic heterocycles. The van der Waals surface area contributed by atoms with Gasteiger partial charge in [0.15, 0.2) is 5.69 Å². The standard InChI is InChI=1S/C12H11F3N6O2S/c13-12(14,15)10-18-19-11(24-10)21-3-1-20(2-4-21)8-6-16-7(5-17-8)9(22)23/h5-6H,1-4H2,(H,22,23). The van der Waals surface area contributed by atoms with Crippen molar-refractivity contribution in [1.82, 2.24) is 20.2 Å². The smallest absolute Gasteiger partial charge is 0.445 e. The number of alkyl halides is 3. The van der Waals surface area contributed by atoms with Gasteiger partial charge >= 0.3 is 12.1 Å². The van der Waals surface area contributed by atoms with Gasteiger partial charge in [0, 0.05) is 26.2 Å². The van der Waals surface area contributed by atoms with Crippen LogP contribution in [0.15, 0.2) is 12.4 Å². The molecule has 3 heterocycles. The topological polar surface area (TPSA) is 95.3 Å². The molecule has 12 heteroatoms. The summed E-state index contributed by atoms with van der Waals surface area (Å²) in [7, 11) is 0. The number of nitrogens with zero attached hydrogens (tertiary/aromatic N) is 6. The fourth-order valence-electron chi connectivity index (χ4n) is 2.18. The van der Waals surface area contributed by atoms with Crippen LogP contribution in [0.1, 0.15) is 15.5 Å². The summed E-state index contributed by atoms with van der Waals surface area (Å²) < 4.78 is 37.7. The van der Waals surface area contributed by atoms with Gasteiger partial charge < -0.3 is 14.9 Å². The van der Waals surface area contributed by atoms with Crippen molar-refractivity contribution in [3.8, 4) is 0 Å². The van der Waals surface area contributed by atoms with Crippen molar-refractivity contribution in [2.45, 2.75) is 6.18 Å². The molecule has 8 nitrogen and oxygen atoms in total. The molecular weight excluding hydrogens is 349 g/mol. The molecule has 1 fully saturated rings. The molecule has 0 amide bonds. The first kappa shape index (κ1) is 16.4. The van der Waals surface area contributed by atoms with Gasteiger partial charge in [-0.25, -0.2) is 14.8 Å². The average molecular weight is 360 g/mol. The van der Waals surface area contributed by atoms with E-state index in [1.54, 1.807) is 4.90 Å². The number of hydrogen-bond donors (Lipinski definition) is 1. The molecular formula is C12H11F3N6O2S. The van der Waals surface area contributed by atoms with Crippen LogP contribution in [0, 0.1) is 0 Å². The minimum atomic E-state index is -4.49. The molecule has 0 radical (unpaired) electrons. The third-order valence-electron chi connectivity index (χ3n) is 3.39. The second-order valence-corrected chi connectivity index (χ2v) is 5.88. The first-order chi connectivity index (χ1) is 11.3. The maximum atomic E-state index is 12.6. The van der Waals surface area contributed by atoms with Crippen molar-refractivity contribution in [2.75, 3.05) is 36.0 Å². The lowest BCUT2D eigenvalue weighted by Crippen LogP contribution is -2.46. The van der Waals surface area contributed by atoms with Crippen LogP contribution < -0.4 is 9.80 Å². The molecule has 0 atom stereocenters. The summed E-state index contributed by atoms with van der Waals surface area (Å²) in [5.41, 5.74) is -0.147. The number of anilines is 2. The Balaban J connectivity index is 1.63. The van der Waals surface area contributed by atoms with Crippen LogP contribution in [0.25, 0.3) is 0 Å². The highest BCUT2D eigenvalue weighted by molar-refractivity contribution is 7.15. The van der Waals surface area contributed by atoms with Gasteiger partial charge in [-0.2, -0.15) is 13.2 Å². The van der Waals surface area contributed by atoms with Gasteiger partial charge in [-0.05, 0) is 0 Å². The number of aromatic nitrogens is 4. The number of carbonyl (C=O) groups is 1. The largest absolute Gasteiger partial charge is 0.476 e. The van der Waals surface area contributed by atoms with E-state index in [9.17, 15) is 18.0 Å². The molecule has 2 aromatic rings. The van der Waals surface area contributed by atoms with Gasteiger partial charge in [-0.3, -0.25) is 0 Å². The fourth-order valence-corrected chi connectivity index (χ4v) is 2.94. The lowest BCUT2D eigenvalue weighted by Gasteiger charge is -2.34. The number of aromatic carboxylic acids is 1. The predicted molar refractivity (Wildman–Crippen MR) is 78.3 cm³/mol. The van der Waals surface area contributed by atoms with Gasteiger partial charge in [0.05, 0.1) is 12.4 Å². The summed E-state index contributed by atoms with van der Waals surface area (Å²) in [6.45, 7) is 1.91. The van der Waals surface area contributed by atoms with E-state index in [0.29, 0.717) is 43.3 Å². The summed E-state index contributed by atoms with van der Waals surface area (Å²) in [6, 6.07) is 0. The zero-order valence-corrected chi connectivity index (χ0v) is 12.9. The quantitative estimate of drug-likeness (QED) is 0.877. The molecule has 1 aliphatic heterocycles. The van der Waals surface area contributed by atoms with Crippen LogP contribution in [0.2, 0.25) is 0 Å². The number of hydrogen-bond acceptors (Lipinski definition) is 8. The van der Waals surface area contributed by atoms with E-state index >= 15 is 0 Å². The Labute approximate surface area is 137 Å². The molecule has 0 spiro atoms. The van der Waals surface area contributed by atoms with Crippen molar-refractivity contribution in [3.63, 3.8) is 0 Å². The highest BCUT2D eigenvalue weighted by Crippen LogP contribution is 2.34. The third-order valence-corrected chi connectivity index (χ3v) is 4.42. The first-order valence-electron chi connectivity index (χ1n) is 6.80. The molecule has 0 bridgehead atoms. The Morgan fingerprint density at radius 2 is 1.75 bits per heavy atom. The monoisotopic (exact) mass is 360 g/mol. The van der Waals surface area contributed by atoms with Gasteiger partial charge in [0.2, 0.25) is 10.1 Å². The van der Waals surface area contributed by atoms with Crippen LogP contribution >= 0.6 is 11.3 Å². The van der Waals surface area contributed by atoms with Gasteiger partial charge in [-0.15, -0.1) is 10.2 Å². The molecule has 1 aliphatic rings.